The Bertz CT molecular complexity index is 1220. The van der Waals surface area contributed by atoms with Crippen molar-refractivity contribution in [2.45, 2.75) is 18.6 Å². The molecule has 1 N–H and O–H groups in total. The molecule has 0 bridgehead atoms. The molecular weight excluding hydrogens is 416 g/mol. The fraction of sp³-hybridized carbons (Fsp3) is 0.476. The molecule has 1 aromatic carbocycles. The van der Waals surface area contributed by atoms with Crippen LogP contribution in [-0.4, -0.2) is 74.9 Å². The lowest BCUT2D eigenvalue weighted by Crippen LogP contribution is -2.46. The molecule has 2 saturated heterocycles. The lowest BCUT2D eigenvalue weighted by Gasteiger charge is -2.37. The molecule has 2 aliphatic heterocycles. The summed E-state index contributed by atoms with van der Waals surface area (Å²) in [7, 11) is 1.38. The Morgan fingerprint density at radius 1 is 1.09 bits per heavy atom. The summed E-state index contributed by atoms with van der Waals surface area (Å²) in [6.45, 7) is 4.65. The highest BCUT2D eigenvalue weighted by atomic mass is 16.7. The van der Waals surface area contributed by atoms with E-state index in [0.29, 0.717) is 31.2 Å². The summed E-state index contributed by atoms with van der Waals surface area (Å²) in [5.74, 6) is 0.678. The summed E-state index contributed by atoms with van der Waals surface area (Å²) in [6.07, 6.45) is 1.77. The lowest BCUT2D eigenvalue weighted by molar-refractivity contribution is -0.185. The first-order chi connectivity index (χ1) is 15.5. The number of hydrogen-bond donors (Lipinski definition) is 1. The highest BCUT2D eigenvalue weighted by Gasteiger charge is 2.39. The normalized spacial score (nSPS) is 18.4. The molecule has 1 spiro atoms. The first-order valence-corrected chi connectivity index (χ1v) is 10.6. The van der Waals surface area contributed by atoms with Gasteiger partial charge >= 0.3 is 5.69 Å². The molecule has 168 valence electrons. The zero-order chi connectivity index (χ0) is 22.1. The van der Waals surface area contributed by atoms with Crippen molar-refractivity contribution in [2.24, 2.45) is 7.05 Å². The molecule has 3 aromatic rings. The number of fused-ring (bicyclic) bond motifs is 1. The highest BCUT2D eigenvalue weighted by Crippen LogP contribution is 2.31. The van der Waals surface area contributed by atoms with Crippen molar-refractivity contribution in [1.82, 2.24) is 29.6 Å². The zero-order valence-corrected chi connectivity index (χ0v) is 17.7. The fourth-order valence-corrected chi connectivity index (χ4v) is 4.01. The van der Waals surface area contributed by atoms with Gasteiger partial charge in [0.05, 0.1) is 13.2 Å². The van der Waals surface area contributed by atoms with E-state index in [-0.39, 0.29) is 17.0 Å². The predicted octanol–water partition coefficient (Wildman–Crippen LogP) is 0.297. The summed E-state index contributed by atoms with van der Waals surface area (Å²) >= 11 is 0. The van der Waals surface area contributed by atoms with E-state index >= 15 is 0 Å². The number of benzene rings is 1. The minimum Gasteiger partial charge on any atom is -0.492 e. The Morgan fingerprint density at radius 2 is 1.81 bits per heavy atom. The van der Waals surface area contributed by atoms with Crippen molar-refractivity contribution < 1.29 is 14.2 Å². The van der Waals surface area contributed by atoms with E-state index in [2.05, 4.69) is 25.1 Å². The fourth-order valence-electron chi connectivity index (χ4n) is 4.01. The van der Waals surface area contributed by atoms with Gasteiger partial charge in [0.2, 0.25) is 0 Å². The number of nitrogens with one attached hydrogen (secondary N) is 1. The number of rotatable bonds is 5. The Labute approximate surface area is 183 Å². The summed E-state index contributed by atoms with van der Waals surface area (Å²) in [6, 6.07) is 7.29. The summed E-state index contributed by atoms with van der Waals surface area (Å²) in [4.78, 5) is 33.1. The number of nitrogens with zero attached hydrogens (tertiary/aromatic N) is 5. The Kier molecular flexibility index (Phi) is 5.45. The highest BCUT2D eigenvalue weighted by molar-refractivity contribution is 5.70. The molecule has 11 nitrogen and oxygen atoms in total. The average molecular weight is 440 g/mol. The van der Waals surface area contributed by atoms with Crippen LogP contribution in [-0.2, 0) is 16.5 Å². The quantitative estimate of drug-likeness (QED) is 0.596. The van der Waals surface area contributed by atoms with Crippen LogP contribution in [0.1, 0.15) is 12.8 Å². The molecule has 11 heteroatoms. The number of hydrogen-bond acceptors (Lipinski definition) is 9. The third-order valence-corrected chi connectivity index (χ3v) is 5.94. The predicted molar refractivity (Wildman–Crippen MR) is 114 cm³/mol. The second kappa shape index (κ2) is 8.41. The second-order valence-electron chi connectivity index (χ2n) is 7.95. The van der Waals surface area contributed by atoms with Crippen LogP contribution in [0.2, 0.25) is 0 Å². The van der Waals surface area contributed by atoms with Crippen LogP contribution in [0.3, 0.4) is 0 Å². The van der Waals surface area contributed by atoms with Gasteiger partial charge in [-0.3, -0.25) is 19.2 Å². The van der Waals surface area contributed by atoms with Gasteiger partial charge in [0.1, 0.15) is 12.4 Å². The molecule has 32 heavy (non-hydrogen) atoms. The van der Waals surface area contributed by atoms with Crippen LogP contribution >= 0.6 is 0 Å². The van der Waals surface area contributed by atoms with Gasteiger partial charge in [-0.15, -0.1) is 10.2 Å². The molecular formula is C21H24N6O5. The maximum absolute atomic E-state index is 12.3. The van der Waals surface area contributed by atoms with Crippen LogP contribution in [0.15, 0.2) is 33.9 Å². The van der Waals surface area contributed by atoms with Crippen molar-refractivity contribution in [3.05, 3.63) is 45.1 Å². The molecule has 0 atom stereocenters. The van der Waals surface area contributed by atoms with Gasteiger partial charge in [-0.2, -0.15) is 0 Å². The minimum absolute atomic E-state index is 0.0640. The maximum atomic E-state index is 12.3. The van der Waals surface area contributed by atoms with Gasteiger partial charge in [0.15, 0.2) is 22.8 Å². The van der Waals surface area contributed by atoms with E-state index in [1.165, 1.54) is 7.05 Å². The largest absolute Gasteiger partial charge is 0.492 e. The number of aromatic amines is 1. The lowest BCUT2D eigenvalue weighted by atomic mass is 10.0. The molecule has 0 unspecified atom stereocenters. The van der Waals surface area contributed by atoms with Crippen molar-refractivity contribution in [3.8, 4) is 17.1 Å². The van der Waals surface area contributed by atoms with Crippen LogP contribution in [0.4, 0.5) is 0 Å². The van der Waals surface area contributed by atoms with Gasteiger partial charge in [-0.25, -0.2) is 9.78 Å². The third-order valence-electron chi connectivity index (χ3n) is 5.94. The number of piperidine rings is 1. The summed E-state index contributed by atoms with van der Waals surface area (Å²) < 4.78 is 18.4. The van der Waals surface area contributed by atoms with E-state index < -0.39 is 11.2 Å². The molecule has 4 heterocycles. The van der Waals surface area contributed by atoms with Gasteiger partial charge in [0, 0.05) is 45.1 Å². The number of aromatic nitrogens is 5. The summed E-state index contributed by atoms with van der Waals surface area (Å²) in [5, 5.41) is 7.96. The van der Waals surface area contributed by atoms with E-state index in [9.17, 15) is 9.59 Å². The number of ether oxygens (including phenoxy) is 3. The van der Waals surface area contributed by atoms with Crippen molar-refractivity contribution in [3.63, 3.8) is 0 Å². The summed E-state index contributed by atoms with van der Waals surface area (Å²) in [5.41, 5.74) is -0.254. The van der Waals surface area contributed by atoms with E-state index in [1.807, 2.05) is 24.3 Å². The third kappa shape index (κ3) is 4.01. The van der Waals surface area contributed by atoms with E-state index in [4.69, 9.17) is 14.2 Å². The molecule has 0 radical (unpaired) electrons. The van der Waals surface area contributed by atoms with E-state index in [0.717, 1.165) is 42.8 Å². The minimum atomic E-state index is -0.558. The molecule has 0 saturated carbocycles. The van der Waals surface area contributed by atoms with Crippen LogP contribution in [0.25, 0.3) is 22.6 Å². The number of H-pyrrole nitrogens is 1. The average Bonchev–Trinajstić information content (AvgIpc) is 3.27. The Morgan fingerprint density at radius 3 is 2.53 bits per heavy atom. The molecule has 2 aromatic heterocycles. The Hall–Kier alpha value is -3.15. The molecule has 0 aliphatic carbocycles. The molecule has 2 aliphatic rings. The number of likely N-dealkylation sites (tertiary alicyclic amines) is 1. The SMILES string of the molecule is Cn1c(=O)[nH]c2nnc(-c3ccc(OCCN4CCC5(CC4)OCCO5)cc3)nc2c1=O. The first kappa shape index (κ1) is 20.7. The van der Waals surface area contributed by atoms with Crippen LogP contribution < -0.4 is 16.0 Å². The zero-order valence-electron chi connectivity index (χ0n) is 17.7. The van der Waals surface area contributed by atoms with Gasteiger partial charge in [0.25, 0.3) is 5.56 Å². The second-order valence-corrected chi connectivity index (χ2v) is 7.95. The topological polar surface area (TPSA) is 124 Å². The Balaban J connectivity index is 1.19. The van der Waals surface area contributed by atoms with E-state index in [1.54, 1.807) is 0 Å². The van der Waals surface area contributed by atoms with Crippen LogP contribution in [0, 0.1) is 0 Å². The standard InChI is InChI=1S/C21H24N6O5/c1-26-19(28)16-18(23-20(26)29)25-24-17(22-16)14-2-4-15(5-3-14)30-11-10-27-8-6-21(7-9-27)31-12-13-32-21/h2-5H,6-13H2,1H3,(H,23,25,29). The molecule has 0 amide bonds. The monoisotopic (exact) mass is 440 g/mol. The van der Waals surface area contributed by atoms with Crippen molar-refractivity contribution in [2.75, 3.05) is 39.5 Å². The molecule has 2 fully saturated rings. The van der Waals surface area contributed by atoms with Crippen LogP contribution in [0.5, 0.6) is 5.75 Å². The smallest absolute Gasteiger partial charge is 0.329 e. The van der Waals surface area contributed by atoms with Crippen molar-refractivity contribution in [1.29, 1.82) is 0 Å². The van der Waals surface area contributed by atoms with Gasteiger partial charge < -0.3 is 14.2 Å². The molecule has 5 rings (SSSR count). The maximum Gasteiger partial charge on any atom is 0.329 e. The first-order valence-electron chi connectivity index (χ1n) is 10.6. The van der Waals surface area contributed by atoms with Gasteiger partial charge in [-0.1, -0.05) is 0 Å². The van der Waals surface area contributed by atoms with Gasteiger partial charge in [-0.05, 0) is 24.3 Å². The van der Waals surface area contributed by atoms with Crippen molar-refractivity contribution >= 4 is 11.2 Å².